The summed E-state index contributed by atoms with van der Waals surface area (Å²) < 4.78 is 7.03. The molecule has 2 aromatic rings. The fourth-order valence-electron chi connectivity index (χ4n) is 1.79. The van der Waals surface area contributed by atoms with Gasteiger partial charge in [0.15, 0.2) is 0 Å². The minimum atomic E-state index is 0.407. The summed E-state index contributed by atoms with van der Waals surface area (Å²) >= 11 is 10.3. The Bertz CT molecular complexity index is 540. The van der Waals surface area contributed by atoms with E-state index in [1.807, 2.05) is 12.1 Å². The van der Waals surface area contributed by atoms with Crippen LogP contribution in [0.4, 0.5) is 0 Å². The molecule has 2 rings (SSSR count). The van der Waals surface area contributed by atoms with Gasteiger partial charge in [0.2, 0.25) is 5.88 Å². The first-order valence-corrected chi connectivity index (χ1v) is 6.50. The van der Waals surface area contributed by atoms with Crippen molar-refractivity contribution in [2.75, 3.05) is 0 Å². The molecular weight excluding hydrogens is 268 g/mol. The van der Waals surface area contributed by atoms with Crippen LogP contribution in [0.5, 0.6) is 5.88 Å². The molecule has 0 amide bonds. The lowest BCUT2D eigenvalue weighted by Gasteiger charge is -2.14. The Morgan fingerprint density at radius 1 is 1.39 bits per heavy atom. The maximum Gasteiger partial charge on any atom is 0.234 e. The monoisotopic (exact) mass is 282 g/mol. The molecule has 1 aromatic heterocycles. The van der Waals surface area contributed by atoms with Gasteiger partial charge in [-0.05, 0) is 30.4 Å². The highest BCUT2D eigenvalue weighted by atomic mass is 35.5. The van der Waals surface area contributed by atoms with Gasteiger partial charge in [0.1, 0.15) is 6.61 Å². The first kappa shape index (κ1) is 13.3. The summed E-state index contributed by atoms with van der Waals surface area (Å²) in [6, 6.07) is 7.68. The molecule has 0 fully saturated rings. The van der Waals surface area contributed by atoms with E-state index in [0.29, 0.717) is 18.4 Å². The van der Waals surface area contributed by atoms with Crippen LogP contribution < -0.4 is 4.74 Å². The van der Waals surface area contributed by atoms with Crippen LogP contribution in [0.3, 0.4) is 0 Å². The highest BCUT2D eigenvalue weighted by Crippen LogP contribution is 2.27. The maximum absolute atomic E-state index is 6.22. The number of nitrogens with zero attached hydrogens (tertiary/aromatic N) is 2. The average Bonchev–Trinajstić information content (AvgIpc) is 2.73. The van der Waals surface area contributed by atoms with Crippen molar-refractivity contribution >= 4 is 24.4 Å². The molecule has 0 unspecified atom stereocenters. The Morgan fingerprint density at radius 3 is 2.78 bits per heavy atom. The molecule has 5 heteroatoms. The zero-order valence-corrected chi connectivity index (χ0v) is 11.9. The Balaban J connectivity index is 2.18. The van der Waals surface area contributed by atoms with Gasteiger partial charge >= 0.3 is 0 Å². The normalized spacial score (nSPS) is 10.9. The largest absolute Gasteiger partial charge is 0.472 e. The van der Waals surface area contributed by atoms with Crippen LogP contribution in [0, 0.1) is 0 Å². The molecule has 0 aliphatic carbocycles. The van der Waals surface area contributed by atoms with Crippen LogP contribution in [-0.2, 0) is 6.61 Å². The standard InChI is InChI=1S/C13H15ClN2OS/c1-9(2)10-4-3-5-12(14)11(10)8-17-13-6-7-16(18)15-13/h3-7,9,18H,8H2,1-2H3. The van der Waals surface area contributed by atoms with E-state index in [1.54, 1.807) is 12.3 Å². The topological polar surface area (TPSA) is 27.1 Å². The Morgan fingerprint density at radius 2 is 2.17 bits per heavy atom. The van der Waals surface area contributed by atoms with Crippen molar-refractivity contribution in [1.82, 2.24) is 9.19 Å². The molecule has 0 N–H and O–H groups in total. The molecule has 0 saturated heterocycles. The minimum Gasteiger partial charge on any atom is -0.472 e. The van der Waals surface area contributed by atoms with Crippen LogP contribution in [-0.4, -0.2) is 9.19 Å². The van der Waals surface area contributed by atoms with Crippen molar-refractivity contribution in [3.8, 4) is 5.88 Å². The van der Waals surface area contributed by atoms with Crippen LogP contribution in [0.1, 0.15) is 30.9 Å². The van der Waals surface area contributed by atoms with Gasteiger partial charge in [0, 0.05) is 22.8 Å². The molecule has 0 aliphatic rings. The Kier molecular flexibility index (Phi) is 4.19. The van der Waals surface area contributed by atoms with Crippen LogP contribution in [0.2, 0.25) is 5.02 Å². The van der Waals surface area contributed by atoms with Gasteiger partial charge < -0.3 is 4.74 Å². The molecule has 1 heterocycles. The summed E-state index contributed by atoms with van der Waals surface area (Å²) in [5.74, 6) is 0.948. The lowest BCUT2D eigenvalue weighted by Crippen LogP contribution is -2.03. The second-order valence-corrected chi connectivity index (χ2v) is 5.14. The van der Waals surface area contributed by atoms with E-state index in [1.165, 1.54) is 9.65 Å². The summed E-state index contributed by atoms with van der Waals surface area (Å²) in [5.41, 5.74) is 2.22. The first-order valence-electron chi connectivity index (χ1n) is 5.73. The molecule has 0 atom stereocenters. The minimum absolute atomic E-state index is 0.407. The van der Waals surface area contributed by atoms with Gasteiger partial charge in [-0.25, -0.2) is 4.09 Å². The molecule has 1 aromatic carbocycles. The van der Waals surface area contributed by atoms with Crippen molar-refractivity contribution in [3.63, 3.8) is 0 Å². The highest BCUT2D eigenvalue weighted by Gasteiger charge is 2.11. The van der Waals surface area contributed by atoms with E-state index >= 15 is 0 Å². The van der Waals surface area contributed by atoms with E-state index in [9.17, 15) is 0 Å². The van der Waals surface area contributed by atoms with Crippen LogP contribution in [0.25, 0.3) is 0 Å². The number of thiol groups is 1. The number of aromatic nitrogens is 2. The molecule has 96 valence electrons. The number of hydrogen-bond donors (Lipinski definition) is 1. The van der Waals surface area contributed by atoms with Gasteiger partial charge in [-0.15, -0.1) is 5.10 Å². The molecule has 18 heavy (non-hydrogen) atoms. The number of ether oxygens (including phenoxy) is 1. The summed E-state index contributed by atoms with van der Waals surface area (Å²) in [7, 11) is 0. The molecule has 0 spiro atoms. The third-order valence-electron chi connectivity index (χ3n) is 2.69. The fraction of sp³-hybridized carbons (Fsp3) is 0.308. The van der Waals surface area contributed by atoms with Crippen molar-refractivity contribution in [1.29, 1.82) is 0 Å². The van der Waals surface area contributed by atoms with Crippen molar-refractivity contribution in [2.24, 2.45) is 0 Å². The number of hydrogen-bond acceptors (Lipinski definition) is 3. The average molecular weight is 283 g/mol. The summed E-state index contributed by atoms with van der Waals surface area (Å²) in [6.07, 6.45) is 1.72. The summed E-state index contributed by atoms with van der Waals surface area (Å²) in [5, 5.41) is 4.77. The van der Waals surface area contributed by atoms with Crippen molar-refractivity contribution in [2.45, 2.75) is 26.4 Å². The van der Waals surface area contributed by atoms with E-state index in [-0.39, 0.29) is 0 Å². The molecule has 0 bridgehead atoms. The number of halogens is 1. The quantitative estimate of drug-likeness (QED) is 0.860. The van der Waals surface area contributed by atoms with Crippen LogP contribution >= 0.6 is 24.4 Å². The third kappa shape index (κ3) is 3.00. The predicted octanol–water partition coefficient (Wildman–Crippen LogP) is 3.93. The molecular formula is C13H15ClN2OS. The SMILES string of the molecule is CC(C)c1cccc(Cl)c1COc1ccn(S)n1. The lowest BCUT2D eigenvalue weighted by molar-refractivity contribution is 0.291. The zero-order valence-electron chi connectivity index (χ0n) is 10.3. The van der Waals surface area contributed by atoms with Gasteiger partial charge in [-0.2, -0.15) is 0 Å². The maximum atomic E-state index is 6.22. The third-order valence-corrected chi connectivity index (χ3v) is 3.27. The van der Waals surface area contributed by atoms with Gasteiger partial charge in [-0.1, -0.05) is 37.6 Å². The molecule has 3 nitrogen and oxygen atoms in total. The Labute approximate surface area is 117 Å². The van der Waals surface area contributed by atoms with E-state index in [0.717, 1.165) is 10.6 Å². The predicted molar refractivity (Wildman–Crippen MR) is 76.5 cm³/mol. The van der Waals surface area contributed by atoms with Crippen molar-refractivity contribution in [3.05, 3.63) is 46.6 Å². The van der Waals surface area contributed by atoms with E-state index < -0.39 is 0 Å². The zero-order chi connectivity index (χ0) is 13.1. The van der Waals surface area contributed by atoms with E-state index in [4.69, 9.17) is 16.3 Å². The summed E-state index contributed by atoms with van der Waals surface area (Å²) in [6.45, 7) is 4.69. The first-order chi connectivity index (χ1) is 8.58. The highest BCUT2D eigenvalue weighted by molar-refractivity contribution is 7.78. The second-order valence-electron chi connectivity index (χ2n) is 4.33. The number of rotatable bonds is 4. The molecule has 0 saturated carbocycles. The van der Waals surface area contributed by atoms with Gasteiger partial charge in [-0.3, -0.25) is 0 Å². The van der Waals surface area contributed by atoms with Gasteiger partial charge in [0.25, 0.3) is 0 Å². The Hall–Kier alpha value is -1.13. The summed E-state index contributed by atoms with van der Waals surface area (Å²) in [4.78, 5) is 0. The van der Waals surface area contributed by atoms with Crippen LogP contribution in [0.15, 0.2) is 30.5 Å². The van der Waals surface area contributed by atoms with E-state index in [2.05, 4.69) is 37.8 Å². The lowest BCUT2D eigenvalue weighted by atomic mass is 9.98. The number of benzene rings is 1. The van der Waals surface area contributed by atoms with Crippen molar-refractivity contribution < 1.29 is 4.74 Å². The fourth-order valence-corrected chi connectivity index (χ4v) is 2.18. The molecule has 0 radical (unpaired) electrons. The van der Waals surface area contributed by atoms with Gasteiger partial charge in [0.05, 0.1) is 0 Å². The molecule has 0 aliphatic heterocycles. The smallest absolute Gasteiger partial charge is 0.234 e. The second kappa shape index (κ2) is 5.67.